The Morgan fingerprint density at radius 3 is 2.37 bits per heavy atom. The van der Waals surface area contributed by atoms with E-state index in [1.807, 2.05) is 37.3 Å². The second kappa shape index (κ2) is 9.32. The van der Waals surface area contributed by atoms with Gasteiger partial charge in [0.2, 0.25) is 0 Å². The van der Waals surface area contributed by atoms with Crippen molar-refractivity contribution >= 4 is 8.32 Å². The number of rotatable bonds is 6. The van der Waals surface area contributed by atoms with E-state index in [9.17, 15) is 0 Å². The molecule has 0 aliphatic rings. The normalized spacial score (nSPS) is 14.1. The Labute approximate surface area is 165 Å². The topological polar surface area (TPSA) is 31.4 Å². The van der Waals surface area contributed by atoms with E-state index in [-0.39, 0.29) is 17.2 Å². The largest absolute Gasteiger partial charge is 0.401 e. The van der Waals surface area contributed by atoms with Crippen LogP contribution < -0.4 is 0 Å². The van der Waals surface area contributed by atoms with Crippen molar-refractivity contribution in [1.29, 1.82) is 0 Å². The third kappa shape index (κ3) is 6.62. The molecule has 1 aromatic carbocycles. The zero-order chi connectivity index (χ0) is 19.9. The molecule has 27 heavy (non-hydrogen) atoms. The molecule has 0 radical (unpaired) electrons. The van der Waals surface area contributed by atoms with E-state index >= 15 is 0 Å². The Kier molecular flexibility index (Phi) is 7.38. The molecular formula is C23H31NO2Si. The van der Waals surface area contributed by atoms with Crippen molar-refractivity contribution < 1.29 is 9.16 Å². The Morgan fingerprint density at radius 2 is 1.78 bits per heavy atom. The molecule has 1 aromatic heterocycles. The first-order chi connectivity index (χ1) is 12.7. The van der Waals surface area contributed by atoms with Gasteiger partial charge in [0.25, 0.3) is 0 Å². The Morgan fingerprint density at radius 1 is 1.07 bits per heavy atom. The van der Waals surface area contributed by atoms with Gasteiger partial charge in [-0.15, -0.1) is 0 Å². The summed E-state index contributed by atoms with van der Waals surface area (Å²) in [5, 5.41) is 0.111. The van der Waals surface area contributed by atoms with E-state index < -0.39 is 8.32 Å². The summed E-state index contributed by atoms with van der Waals surface area (Å²) in [6.45, 7) is 13.8. The van der Waals surface area contributed by atoms with Crippen molar-refractivity contribution in [3.8, 4) is 11.8 Å². The molecule has 1 unspecified atom stereocenters. The van der Waals surface area contributed by atoms with Crippen molar-refractivity contribution in [2.24, 2.45) is 0 Å². The molecule has 144 valence electrons. The smallest absolute Gasteiger partial charge is 0.193 e. The number of aromatic nitrogens is 1. The SMILES string of the molecule is C[C@@H](OCc1ccccc1)C(C#Cc1cccnc1)O[Si](C)(C)C(C)(C)C. The molecule has 1 heterocycles. The molecule has 0 bridgehead atoms. The van der Waals surface area contributed by atoms with E-state index in [1.54, 1.807) is 12.4 Å². The van der Waals surface area contributed by atoms with Gasteiger partial charge in [-0.05, 0) is 42.8 Å². The number of nitrogens with zero attached hydrogens (tertiary/aromatic N) is 1. The molecule has 0 saturated carbocycles. The quantitative estimate of drug-likeness (QED) is 0.494. The minimum atomic E-state index is -1.98. The average molecular weight is 382 g/mol. The minimum absolute atomic E-state index is 0.111. The summed E-state index contributed by atoms with van der Waals surface area (Å²) in [4.78, 5) is 4.13. The van der Waals surface area contributed by atoms with Crippen LogP contribution in [0.5, 0.6) is 0 Å². The number of benzene rings is 1. The summed E-state index contributed by atoms with van der Waals surface area (Å²) in [6, 6.07) is 14.0. The summed E-state index contributed by atoms with van der Waals surface area (Å²) in [6.07, 6.45) is 3.10. The number of ether oxygens (including phenoxy) is 1. The molecule has 2 atom stereocenters. The van der Waals surface area contributed by atoms with Gasteiger partial charge in [0.05, 0.1) is 12.7 Å². The summed E-state index contributed by atoms with van der Waals surface area (Å²) in [5.74, 6) is 6.50. The molecule has 0 N–H and O–H groups in total. The average Bonchev–Trinajstić information content (AvgIpc) is 2.64. The second-order valence-electron chi connectivity index (χ2n) is 8.31. The van der Waals surface area contributed by atoms with E-state index in [0.717, 1.165) is 11.1 Å². The highest BCUT2D eigenvalue weighted by Gasteiger charge is 2.40. The zero-order valence-electron chi connectivity index (χ0n) is 17.3. The first-order valence-electron chi connectivity index (χ1n) is 9.44. The highest BCUT2D eigenvalue weighted by molar-refractivity contribution is 6.74. The van der Waals surface area contributed by atoms with Crippen LogP contribution in [0.4, 0.5) is 0 Å². The van der Waals surface area contributed by atoms with Gasteiger partial charge in [-0.2, -0.15) is 0 Å². The third-order valence-corrected chi connectivity index (χ3v) is 9.49. The van der Waals surface area contributed by atoms with Gasteiger partial charge < -0.3 is 9.16 Å². The lowest BCUT2D eigenvalue weighted by atomic mass is 10.2. The molecule has 0 spiro atoms. The molecule has 0 fully saturated rings. The standard InChI is InChI=1S/C23H31NO2Si/c1-19(25-18-21-11-8-7-9-12-21)22(26-27(5,6)23(2,3)4)15-14-20-13-10-16-24-17-20/h7-13,16-17,19,22H,18H2,1-6H3/t19-,22?/m1/s1. The Bertz CT molecular complexity index is 758. The van der Waals surface area contributed by atoms with Crippen LogP contribution in [0.15, 0.2) is 54.9 Å². The first kappa shape index (κ1) is 21.4. The van der Waals surface area contributed by atoms with Crippen LogP contribution in [0.25, 0.3) is 0 Å². The summed E-state index contributed by atoms with van der Waals surface area (Å²) < 4.78 is 12.7. The molecule has 0 amide bonds. The summed E-state index contributed by atoms with van der Waals surface area (Å²) in [7, 11) is -1.98. The third-order valence-electron chi connectivity index (χ3n) is 5.03. The fraction of sp³-hybridized carbons (Fsp3) is 0.435. The highest BCUT2D eigenvalue weighted by Crippen LogP contribution is 2.37. The predicted octanol–water partition coefficient (Wildman–Crippen LogP) is 5.43. The maximum absolute atomic E-state index is 6.59. The molecule has 2 aromatic rings. The lowest BCUT2D eigenvalue weighted by Gasteiger charge is -2.39. The van der Waals surface area contributed by atoms with E-state index in [0.29, 0.717) is 6.61 Å². The molecule has 2 rings (SSSR count). The van der Waals surface area contributed by atoms with E-state index in [2.05, 4.69) is 62.8 Å². The zero-order valence-corrected chi connectivity index (χ0v) is 18.3. The van der Waals surface area contributed by atoms with Gasteiger partial charge in [0.1, 0.15) is 6.10 Å². The number of hydrogen-bond acceptors (Lipinski definition) is 3. The molecule has 0 saturated heterocycles. The molecule has 0 aliphatic carbocycles. The lowest BCUT2D eigenvalue weighted by molar-refractivity contribution is -0.00692. The van der Waals surface area contributed by atoms with E-state index in [1.165, 1.54) is 0 Å². The van der Waals surface area contributed by atoms with Crippen molar-refractivity contribution in [3.63, 3.8) is 0 Å². The second-order valence-corrected chi connectivity index (χ2v) is 13.1. The van der Waals surface area contributed by atoms with Crippen molar-refractivity contribution in [3.05, 3.63) is 66.0 Å². The lowest BCUT2D eigenvalue weighted by Crippen LogP contribution is -2.46. The van der Waals surface area contributed by atoms with Crippen molar-refractivity contribution in [2.75, 3.05) is 0 Å². The molecular weight excluding hydrogens is 350 g/mol. The molecule has 0 aliphatic heterocycles. The fourth-order valence-electron chi connectivity index (χ4n) is 2.22. The molecule has 4 heteroatoms. The van der Waals surface area contributed by atoms with Crippen molar-refractivity contribution in [2.45, 2.75) is 64.6 Å². The van der Waals surface area contributed by atoms with Crippen LogP contribution >= 0.6 is 0 Å². The summed E-state index contributed by atoms with van der Waals surface area (Å²) in [5.41, 5.74) is 2.03. The predicted molar refractivity (Wildman–Crippen MR) is 114 cm³/mol. The monoisotopic (exact) mass is 381 g/mol. The Balaban J connectivity index is 2.16. The van der Waals surface area contributed by atoms with Gasteiger partial charge >= 0.3 is 0 Å². The number of hydrogen-bond donors (Lipinski definition) is 0. The van der Waals surface area contributed by atoms with Gasteiger partial charge in [0, 0.05) is 18.0 Å². The van der Waals surface area contributed by atoms with Crippen LogP contribution in [0, 0.1) is 11.8 Å². The van der Waals surface area contributed by atoms with Gasteiger partial charge in [-0.25, -0.2) is 0 Å². The van der Waals surface area contributed by atoms with Gasteiger partial charge in [-0.1, -0.05) is 62.9 Å². The van der Waals surface area contributed by atoms with Crippen LogP contribution in [-0.2, 0) is 15.8 Å². The minimum Gasteiger partial charge on any atom is -0.401 e. The van der Waals surface area contributed by atoms with E-state index in [4.69, 9.17) is 9.16 Å². The molecule has 3 nitrogen and oxygen atoms in total. The van der Waals surface area contributed by atoms with Crippen molar-refractivity contribution in [1.82, 2.24) is 4.98 Å². The van der Waals surface area contributed by atoms with Crippen LogP contribution in [-0.4, -0.2) is 25.5 Å². The first-order valence-corrected chi connectivity index (χ1v) is 12.3. The summed E-state index contributed by atoms with van der Waals surface area (Å²) >= 11 is 0. The maximum Gasteiger partial charge on any atom is 0.193 e. The van der Waals surface area contributed by atoms with Crippen LogP contribution in [0.1, 0.15) is 38.8 Å². The fourth-order valence-corrected chi connectivity index (χ4v) is 3.46. The van der Waals surface area contributed by atoms with Gasteiger partial charge in [-0.3, -0.25) is 4.98 Å². The maximum atomic E-state index is 6.59. The Hall–Kier alpha value is -1.93. The highest BCUT2D eigenvalue weighted by atomic mass is 28.4. The van der Waals surface area contributed by atoms with Crippen LogP contribution in [0.3, 0.4) is 0 Å². The van der Waals surface area contributed by atoms with Crippen LogP contribution in [0.2, 0.25) is 18.1 Å². The van der Waals surface area contributed by atoms with Gasteiger partial charge in [0.15, 0.2) is 8.32 Å². The number of pyridine rings is 1.